The fourth-order valence-electron chi connectivity index (χ4n) is 1.89. The molecule has 0 bridgehead atoms. The van der Waals surface area contributed by atoms with Crippen molar-refractivity contribution in [1.29, 1.82) is 0 Å². The summed E-state index contributed by atoms with van der Waals surface area (Å²) in [6.45, 7) is 2.79. The van der Waals surface area contributed by atoms with Crippen molar-refractivity contribution in [2.45, 2.75) is 19.8 Å². The number of non-ortho nitro benzene ring substituents is 1. The van der Waals surface area contributed by atoms with E-state index >= 15 is 0 Å². The Morgan fingerprint density at radius 1 is 1.55 bits per heavy atom. The molecule has 1 heterocycles. The Morgan fingerprint density at radius 2 is 2.35 bits per heavy atom. The number of hydrogen-bond donors (Lipinski definition) is 2. The molecule has 1 atom stereocenters. The number of para-hydroxylation sites is 1. The van der Waals surface area contributed by atoms with Gasteiger partial charge in [-0.05, 0) is 24.8 Å². The third-order valence-electron chi connectivity index (χ3n) is 3.06. The second kappa shape index (κ2) is 6.33. The first-order chi connectivity index (χ1) is 9.61. The number of aliphatic hydroxyl groups is 1. The average molecular weight is 279 g/mol. The van der Waals surface area contributed by atoms with Crippen LogP contribution in [0, 0.1) is 16.0 Å². The summed E-state index contributed by atoms with van der Waals surface area (Å²) in [5, 5.41) is 22.8. The van der Waals surface area contributed by atoms with E-state index < -0.39 is 4.92 Å². The van der Waals surface area contributed by atoms with Gasteiger partial charge in [0.05, 0.1) is 4.92 Å². The van der Waals surface area contributed by atoms with Crippen molar-refractivity contribution >= 4 is 22.8 Å². The van der Waals surface area contributed by atoms with E-state index in [0.29, 0.717) is 12.1 Å². The normalized spacial score (nSPS) is 12.5. The van der Waals surface area contributed by atoms with Crippen LogP contribution in [0.25, 0.3) is 11.1 Å². The van der Waals surface area contributed by atoms with E-state index in [4.69, 9.17) is 9.52 Å². The van der Waals surface area contributed by atoms with Crippen molar-refractivity contribution < 1.29 is 14.4 Å². The van der Waals surface area contributed by atoms with Gasteiger partial charge in [-0.2, -0.15) is 4.98 Å². The lowest BCUT2D eigenvalue weighted by atomic mass is 10.1. The van der Waals surface area contributed by atoms with Gasteiger partial charge in [-0.15, -0.1) is 0 Å². The maximum absolute atomic E-state index is 10.9. The first kappa shape index (κ1) is 14.3. The summed E-state index contributed by atoms with van der Waals surface area (Å²) < 4.78 is 5.42. The monoisotopic (exact) mass is 279 g/mol. The fraction of sp³-hybridized carbons (Fsp3) is 0.462. The number of aliphatic hydroxyl groups excluding tert-OH is 1. The molecule has 0 spiro atoms. The molecule has 1 aromatic carbocycles. The third kappa shape index (κ3) is 3.24. The zero-order valence-corrected chi connectivity index (χ0v) is 11.2. The topological polar surface area (TPSA) is 101 Å². The number of anilines is 1. The molecule has 0 aliphatic carbocycles. The predicted molar refractivity (Wildman–Crippen MR) is 74.6 cm³/mol. The lowest BCUT2D eigenvalue weighted by Gasteiger charge is -2.06. The van der Waals surface area contributed by atoms with Crippen LogP contribution in [0.4, 0.5) is 11.7 Å². The quantitative estimate of drug-likeness (QED) is 0.459. The van der Waals surface area contributed by atoms with E-state index in [2.05, 4.69) is 10.3 Å². The van der Waals surface area contributed by atoms with Gasteiger partial charge in [0, 0.05) is 19.2 Å². The molecule has 1 aromatic heterocycles. The van der Waals surface area contributed by atoms with Crippen LogP contribution < -0.4 is 5.32 Å². The summed E-state index contributed by atoms with van der Waals surface area (Å²) in [4.78, 5) is 14.5. The van der Waals surface area contributed by atoms with Crippen LogP contribution in [0.15, 0.2) is 22.6 Å². The average Bonchev–Trinajstić information content (AvgIpc) is 2.85. The number of oxazole rings is 1. The molecule has 20 heavy (non-hydrogen) atoms. The Morgan fingerprint density at radius 3 is 3.05 bits per heavy atom. The lowest BCUT2D eigenvalue weighted by molar-refractivity contribution is -0.383. The second-order valence-corrected chi connectivity index (χ2v) is 4.76. The van der Waals surface area contributed by atoms with Crippen molar-refractivity contribution in [3.8, 4) is 0 Å². The van der Waals surface area contributed by atoms with Crippen molar-refractivity contribution in [3.63, 3.8) is 0 Å². The van der Waals surface area contributed by atoms with Crippen LogP contribution >= 0.6 is 0 Å². The van der Waals surface area contributed by atoms with Crippen molar-refractivity contribution in [3.05, 3.63) is 28.3 Å². The number of benzene rings is 1. The predicted octanol–water partition coefficient (Wildman–Crippen LogP) is 2.56. The Hall–Kier alpha value is -2.15. The summed E-state index contributed by atoms with van der Waals surface area (Å²) in [5.41, 5.74) is 0.586. The summed E-state index contributed by atoms with van der Waals surface area (Å²) in [5.74, 6) is 0.265. The van der Waals surface area contributed by atoms with Crippen LogP contribution in [-0.2, 0) is 0 Å². The molecular formula is C13H17N3O4. The van der Waals surface area contributed by atoms with Crippen LogP contribution in [0.1, 0.15) is 19.8 Å². The Labute approximate surface area is 115 Å². The van der Waals surface area contributed by atoms with E-state index in [1.54, 1.807) is 12.1 Å². The molecule has 0 aliphatic rings. The van der Waals surface area contributed by atoms with Crippen molar-refractivity contribution in [2.24, 2.45) is 5.92 Å². The van der Waals surface area contributed by atoms with E-state index in [0.717, 1.165) is 12.8 Å². The lowest BCUT2D eigenvalue weighted by Crippen LogP contribution is -2.06. The Bertz CT molecular complexity index is 596. The zero-order chi connectivity index (χ0) is 14.5. The fourth-order valence-corrected chi connectivity index (χ4v) is 1.89. The minimum atomic E-state index is -0.475. The number of hydrogen-bond acceptors (Lipinski definition) is 6. The molecule has 0 amide bonds. The highest BCUT2D eigenvalue weighted by molar-refractivity contribution is 5.83. The highest BCUT2D eigenvalue weighted by Crippen LogP contribution is 2.27. The Kier molecular flexibility index (Phi) is 4.52. The van der Waals surface area contributed by atoms with Gasteiger partial charge in [-0.25, -0.2) is 0 Å². The van der Waals surface area contributed by atoms with E-state index in [1.165, 1.54) is 6.07 Å². The second-order valence-electron chi connectivity index (χ2n) is 4.76. The summed E-state index contributed by atoms with van der Waals surface area (Å²) in [6, 6.07) is 4.90. The molecule has 0 saturated heterocycles. The molecule has 0 fully saturated rings. The molecule has 0 radical (unpaired) electrons. The number of nitrogens with one attached hydrogen (secondary N) is 1. The van der Waals surface area contributed by atoms with E-state index in [-0.39, 0.29) is 29.7 Å². The summed E-state index contributed by atoms with van der Waals surface area (Å²) >= 11 is 0. The molecule has 0 aliphatic heterocycles. The Balaban J connectivity index is 2.01. The SMILES string of the molecule is CC(CO)CCCNc1nc2c([N+](=O)[O-])cccc2o1. The standard InChI is InChI=1S/C13H17N3O4/c1-9(8-17)4-3-7-14-13-15-12-10(16(18)19)5-2-6-11(12)20-13/h2,5-6,9,17H,3-4,7-8H2,1H3,(H,14,15). The van der Waals surface area contributed by atoms with Crippen molar-refractivity contribution in [1.82, 2.24) is 4.98 Å². The van der Waals surface area contributed by atoms with Crippen LogP contribution in [0.5, 0.6) is 0 Å². The van der Waals surface area contributed by atoms with Crippen LogP contribution in [-0.4, -0.2) is 28.2 Å². The van der Waals surface area contributed by atoms with Crippen LogP contribution in [0.2, 0.25) is 0 Å². The van der Waals surface area contributed by atoms with Gasteiger partial charge in [0.15, 0.2) is 11.1 Å². The first-order valence-electron chi connectivity index (χ1n) is 6.50. The van der Waals surface area contributed by atoms with E-state index in [1.807, 2.05) is 6.92 Å². The summed E-state index contributed by atoms with van der Waals surface area (Å²) in [6.07, 6.45) is 1.76. The number of nitrogens with zero attached hydrogens (tertiary/aromatic N) is 2. The molecule has 7 nitrogen and oxygen atoms in total. The highest BCUT2D eigenvalue weighted by Gasteiger charge is 2.17. The molecule has 1 unspecified atom stereocenters. The van der Waals surface area contributed by atoms with Gasteiger partial charge in [0.1, 0.15) is 0 Å². The van der Waals surface area contributed by atoms with Gasteiger partial charge in [0.2, 0.25) is 0 Å². The smallest absolute Gasteiger partial charge is 0.298 e. The largest absolute Gasteiger partial charge is 0.423 e. The van der Waals surface area contributed by atoms with E-state index in [9.17, 15) is 10.1 Å². The van der Waals surface area contributed by atoms with Crippen LogP contribution in [0.3, 0.4) is 0 Å². The number of nitro benzene ring substituents is 1. The molecule has 108 valence electrons. The zero-order valence-electron chi connectivity index (χ0n) is 11.2. The molecule has 2 rings (SSSR count). The van der Waals surface area contributed by atoms with Gasteiger partial charge in [-0.1, -0.05) is 13.0 Å². The van der Waals surface area contributed by atoms with Gasteiger partial charge >= 0.3 is 0 Å². The number of nitro groups is 1. The molecule has 0 saturated carbocycles. The molecule has 7 heteroatoms. The number of rotatable bonds is 7. The maximum Gasteiger partial charge on any atom is 0.298 e. The number of aromatic nitrogens is 1. The molecular weight excluding hydrogens is 262 g/mol. The van der Waals surface area contributed by atoms with Gasteiger partial charge in [-0.3, -0.25) is 10.1 Å². The molecule has 2 aromatic rings. The van der Waals surface area contributed by atoms with Gasteiger partial charge < -0.3 is 14.8 Å². The molecule has 2 N–H and O–H groups in total. The summed E-state index contributed by atoms with van der Waals surface area (Å²) in [7, 11) is 0. The number of fused-ring (bicyclic) bond motifs is 1. The maximum atomic E-state index is 10.9. The minimum Gasteiger partial charge on any atom is -0.423 e. The van der Waals surface area contributed by atoms with Gasteiger partial charge in [0.25, 0.3) is 11.7 Å². The van der Waals surface area contributed by atoms with Crippen molar-refractivity contribution in [2.75, 3.05) is 18.5 Å². The first-order valence-corrected chi connectivity index (χ1v) is 6.50. The third-order valence-corrected chi connectivity index (χ3v) is 3.06. The minimum absolute atomic E-state index is 0.0618. The highest BCUT2D eigenvalue weighted by atomic mass is 16.6.